The van der Waals surface area contributed by atoms with Crippen LogP contribution < -0.4 is 0 Å². The molecule has 1 aromatic carbocycles. The maximum Gasteiger partial charge on any atom is 0.246 e. The summed E-state index contributed by atoms with van der Waals surface area (Å²) in [5.74, 6) is -0.750. The number of rotatable bonds is 5. The first-order chi connectivity index (χ1) is 9.43. The van der Waals surface area contributed by atoms with Crippen LogP contribution in [0.2, 0.25) is 5.02 Å². The van der Waals surface area contributed by atoms with E-state index < -0.39 is 11.4 Å². The first kappa shape index (κ1) is 15.0. The molecule has 1 aromatic rings. The molecule has 1 amide bonds. The molecule has 0 heterocycles. The summed E-state index contributed by atoms with van der Waals surface area (Å²) in [5.41, 5.74) is -0.0859. The van der Waals surface area contributed by atoms with Crippen molar-refractivity contribution in [2.75, 3.05) is 6.54 Å². The van der Waals surface area contributed by atoms with E-state index in [1.165, 1.54) is 23.1 Å². The van der Waals surface area contributed by atoms with E-state index in [0.717, 1.165) is 12.0 Å². The van der Waals surface area contributed by atoms with Gasteiger partial charge in [-0.05, 0) is 43.0 Å². The maximum absolute atomic E-state index is 13.1. The second-order valence-corrected chi connectivity index (χ2v) is 5.63. The molecule has 3 nitrogen and oxygen atoms in total. The molecule has 2 rings (SSSR count). The number of carbonyl (C=O) groups excluding carboxylic acids is 1. The molecule has 0 radical (unpaired) electrons. The van der Waals surface area contributed by atoms with Crippen LogP contribution in [0.25, 0.3) is 0 Å². The van der Waals surface area contributed by atoms with Crippen molar-refractivity contribution in [1.29, 1.82) is 0 Å². The number of carbonyl (C=O) groups is 1. The molecule has 1 aliphatic carbocycles. The van der Waals surface area contributed by atoms with Gasteiger partial charge in [0.15, 0.2) is 0 Å². The Morgan fingerprint density at radius 3 is 2.75 bits per heavy atom. The molecule has 0 saturated heterocycles. The predicted octanol–water partition coefficient (Wildman–Crippen LogP) is 2.91. The van der Waals surface area contributed by atoms with Crippen LogP contribution >= 0.6 is 11.6 Å². The third-order valence-corrected chi connectivity index (χ3v) is 3.90. The van der Waals surface area contributed by atoms with E-state index in [2.05, 4.69) is 6.58 Å². The highest BCUT2D eigenvalue weighted by Crippen LogP contribution is 2.32. The van der Waals surface area contributed by atoms with Gasteiger partial charge in [0.2, 0.25) is 5.91 Å². The van der Waals surface area contributed by atoms with Crippen molar-refractivity contribution in [2.45, 2.75) is 31.4 Å². The van der Waals surface area contributed by atoms with Gasteiger partial charge < -0.3 is 10.0 Å². The van der Waals surface area contributed by atoms with E-state index in [1.807, 2.05) is 0 Å². The summed E-state index contributed by atoms with van der Waals surface area (Å²) in [6.45, 7) is 4.00. The SMILES string of the molecule is C=CC(=O)N(Cc1ccc(F)c(Cl)c1)CC1(O)CCC1. The van der Waals surface area contributed by atoms with E-state index in [0.29, 0.717) is 12.8 Å². The largest absolute Gasteiger partial charge is 0.388 e. The van der Waals surface area contributed by atoms with Gasteiger partial charge in [-0.2, -0.15) is 0 Å². The van der Waals surface area contributed by atoms with Gasteiger partial charge in [-0.15, -0.1) is 0 Å². The molecule has 0 spiro atoms. The Morgan fingerprint density at radius 2 is 2.25 bits per heavy atom. The summed E-state index contributed by atoms with van der Waals surface area (Å²) in [7, 11) is 0. The van der Waals surface area contributed by atoms with E-state index in [9.17, 15) is 14.3 Å². The zero-order valence-electron chi connectivity index (χ0n) is 11.1. The molecule has 0 aromatic heterocycles. The number of benzene rings is 1. The lowest BCUT2D eigenvalue weighted by Gasteiger charge is -2.40. The third kappa shape index (κ3) is 3.38. The Hall–Kier alpha value is -1.39. The molecule has 0 bridgehead atoms. The molecule has 0 atom stereocenters. The predicted molar refractivity (Wildman–Crippen MR) is 75.8 cm³/mol. The summed E-state index contributed by atoms with van der Waals surface area (Å²) < 4.78 is 13.1. The first-order valence-electron chi connectivity index (χ1n) is 6.51. The monoisotopic (exact) mass is 297 g/mol. The van der Waals surface area contributed by atoms with Crippen LogP contribution in [0.5, 0.6) is 0 Å². The molecule has 0 aliphatic heterocycles. The van der Waals surface area contributed by atoms with Crippen LogP contribution in [0.3, 0.4) is 0 Å². The molecule has 5 heteroatoms. The van der Waals surface area contributed by atoms with E-state index in [4.69, 9.17) is 11.6 Å². The zero-order chi connectivity index (χ0) is 14.8. The van der Waals surface area contributed by atoms with E-state index >= 15 is 0 Å². The number of amides is 1. The molecule has 1 saturated carbocycles. The van der Waals surface area contributed by atoms with E-state index in [1.54, 1.807) is 6.07 Å². The number of hydrogen-bond donors (Lipinski definition) is 1. The van der Waals surface area contributed by atoms with Crippen molar-refractivity contribution in [3.8, 4) is 0 Å². The van der Waals surface area contributed by atoms with Crippen molar-refractivity contribution in [1.82, 2.24) is 4.90 Å². The van der Waals surface area contributed by atoms with Gasteiger partial charge in [0, 0.05) is 6.54 Å². The molecule has 0 unspecified atom stereocenters. The summed E-state index contributed by atoms with van der Waals surface area (Å²) in [6.07, 6.45) is 3.57. The summed E-state index contributed by atoms with van der Waals surface area (Å²) in [4.78, 5) is 13.4. The highest BCUT2D eigenvalue weighted by atomic mass is 35.5. The van der Waals surface area contributed by atoms with Gasteiger partial charge in [0.1, 0.15) is 5.82 Å². The Labute approximate surface area is 122 Å². The van der Waals surface area contributed by atoms with Gasteiger partial charge in [-0.25, -0.2) is 4.39 Å². The molecular formula is C15H17ClFNO2. The molecule has 1 aliphatic rings. The Morgan fingerprint density at radius 1 is 1.55 bits per heavy atom. The van der Waals surface area contributed by atoms with Gasteiger partial charge in [0.05, 0.1) is 17.2 Å². The van der Waals surface area contributed by atoms with Gasteiger partial charge in [0.25, 0.3) is 0 Å². The summed E-state index contributed by atoms with van der Waals surface area (Å²) >= 11 is 5.73. The van der Waals surface area contributed by atoms with Crippen molar-refractivity contribution in [3.05, 3.63) is 47.3 Å². The minimum absolute atomic E-state index is 0.0239. The lowest BCUT2D eigenvalue weighted by molar-refractivity contribution is -0.133. The van der Waals surface area contributed by atoms with Crippen LogP contribution in [0.15, 0.2) is 30.9 Å². The number of aliphatic hydroxyl groups is 1. The highest BCUT2D eigenvalue weighted by Gasteiger charge is 2.37. The van der Waals surface area contributed by atoms with Crippen molar-refractivity contribution < 1.29 is 14.3 Å². The number of nitrogens with zero attached hydrogens (tertiary/aromatic N) is 1. The second-order valence-electron chi connectivity index (χ2n) is 5.22. The van der Waals surface area contributed by atoms with Gasteiger partial charge in [-0.1, -0.05) is 24.2 Å². The average Bonchev–Trinajstić information content (AvgIpc) is 2.39. The fourth-order valence-corrected chi connectivity index (χ4v) is 2.50. The average molecular weight is 298 g/mol. The molecule has 108 valence electrons. The number of hydrogen-bond acceptors (Lipinski definition) is 2. The topological polar surface area (TPSA) is 40.5 Å². The lowest BCUT2D eigenvalue weighted by Crippen LogP contribution is -2.49. The quantitative estimate of drug-likeness (QED) is 0.849. The third-order valence-electron chi connectivity index (χ3n) is 3.61. The molecular weight excluding hydrogens is 281 g/mol. The second kappa shape index (κ2) is 5.94. The fraction of sp³-hybridized carbons (Fsp3) is 0.400. The maximum atomic E-state index is 13.1. The van der Waals surface area contributed by atoms with Crippen molar-refractivity contribution in [2.24, 2.45) is 0 Å². The molecule has 20 heavy (non-hydrogen) atoms. The fourth-order valence-electron chi connectivity index (χ4n) is 2.30. The molecule has 1 fully saturated rings. The summed E-state index contributed by atoms with van der Waals surface area (Å²) in [6, 6.07) is 4.34. The lowest BCUT2D eigenvalue weighted by atomic mass is 9.80. The standard InChI is InChI=1S/C15H17ClFNO2/c1-2-14(19)18(10-15(20)6-3-7-15)9-11-4-5-13(17)12(16)8-11/h2,4-5,8,20H,1,3,6-7,9-10H2. The minimum atomic E-state index is -0.803. The van der Waals surface area contributed by atoms with Crippen LogP contribution in [-0.2, 0) is 11.3 Å². The first-order valence-corrected chi connectivity index (χ1v) is 6.89. The van der Waals surface area contributed by atoms with Crippen LogP contribution in [-0.4, -0.2) is 28.1 Å². The Balaban J connectivity index is 2.12. The van der Waals surface area contributed by atoms with Crippen LogP contribution in [0, 0.1) is 5.82 Å². The van der Waals surface area contributed by atoms with Gasteiger partial charge in [-0.3, -0.25) is 4.79 Å². The van der Waals surface area contributed by atoms with Crippen molar-refractivity contribution >= 4 is 17.5 Å². The van der Waals surface area contributed by atoms with Gasteiger partial charge >= 0.3 is 0 Å². The Bertz CT molecular complexity index is 529. The van der Waals surface area contributed by atoms with E-state index in [-0.39, 0.29) is 24.0 Å². The zero-order valence-corrected chi connectivity index (χ0v) is 11.9. The Kier molecular flexibility index (Phi) is 4.45. The normalized spacial score (nSPS) is 16.4. The summed E-state index contributed by atoms with van der Waals surface area (Å²) in [5, 5.41) is 10.2. The van der Waals surface area contributed by atoms with Crippen LogP contribution in [0.1, 0.15) is 24.8 Å². The number of halogens is 2. The van der Waals surface area contributed by atoms with Crippen molar-refractivity contribution in [3.63, 3.8) is 0 Å². The minimum Gasteiger partial charge on any atom is -0.388 e. The molecule has 1 N–H and O–H groups in total. The highest BCUT2D eigenvalue weighted by molar-refractivity contribution is 6.30. The van der Waals surface area contributed by atoms with Crippen LogP contribution in [0.4, 0.5) is 4.39 Å². The smallest absolute Gasteiger partial charge is 0.246 e.